The average Bonchev–Trinajstić information content (AvgIpc) is 2.75. The summed E-state index contributed by atoms with van der Waals surface area (Å²) in [4.78, 5) is 14.8. The zero-order valence-corrected chi connectivity index (χ0v) is 10.9. The largest absolute Gasteiger partial charge is 0.481 e. The number of H-pyrrole nitrogens is 1. The first-order valence-corrected chi connectivity index (χ1v) is 6.10. The number of nitrogens with one attached hydrogen (secondary N) is 2. The van der Waals surface area contributed by atoms with Crippen LogP contribution in [0.25, 0.3) is 10.9 Å². The summed E-state index contributed by atoms with van der Waals surface area (Å²) in [5.74, 6) is 0.604. The Morgan fingerprint density at radius 2 is 2.06 bits per heavy atom. The lowest BCUT2D eigenvalue weighted by atomic mass is 10.2. The highest BCUT2D eigenvalue weighted by Crippen LogP contribution is 2.20. The number of ether oxygens (including phenoxy) is 1. The molecule has 0 saturated heterocycles. The third-order valence-corrected chi connectivity index (χ3v) is 2.64. The van der Waals surface area contributed by atoms with Crippen LogP contribution < -0.4 is 10.1 Å². The van der Waals surface area contributed by atoms with Crippen molar-refractivity contribution in [1.82, 2.24) is 10.3 Å². The fraction of sp³-hybridized carbons (Fsp3) is 0.357. The van der Waals surface area contributed by atoms with E-state index >= 15 is 0 Å². The predicted molar refractivity (Wildman–Crippen MR) is 71.7 cm³/mol. The summed E-state index contributed by atoms with van der Waals surface area (Å²) in [6, 6.07) is 7.82. The van der Waals surface area contributed by atoms with E-state index in [1.807, 2.05) is 44.3 Å². The van der Waals surface area contributed by atoms with E-state index in [1.165, 1.54) is 0 Å². The number of carbonyl (C=O) groups excluding carboxylic acids is 1. The van der Waals surface area contributed by atoms with E-state index in [1.54, 1.807) is 6.92 Å². The van der Waals surface area contributed by atoms with Gasteiger partial charge < -0.3 is 15.0 Å². The molecule has 1 amide bonds. The van der Waals surface area contributed by atoms with Gasteiger partial charge in [0.1, 0.15) is 5.75 Å². The van der Waals surface area contributed by atoms with Crippen LogP contribution in [0, 0.1) is 0 Å². The van der Waals surface area contributed by atoms with Crippen molar-refractivity contribution >= 4 is 16.8 Å². The molecule has 1 aromatic heterocycles. The van der Waals surface area contributed by atoms with Gasteiger partial charge in [-0.05, 0) is 45.0 Å². The van der Waals surface area contributed by atoms with Gasteiger partial charge in [0.15, 0.2) is 6.10 Å². The van der Waals surface area contributed by atoms with Crippen LogP contribution in [-0.4, -0.2) is 23.0 Å². The third-order valence-electron chi connectivity index (χ3n) is 2.64. The molecule has 2 N–H and O–H groups in total. The van der Waals surface area contributed by atoms with E-state index in [0.717, 1.165) is 10.9 Å². The highest BCUT2D eigenvalue weighted by atomic mass is 16.5. The number of rotatable bonds is 4. The van der Waals surface area contributed by atoms with Crippen molar-refractivity contribution in [2.45, 2.75) is 32.9 Å². The van der Waals surface area contributed by atoms with Crippen LogP contribution in [0.3, 0.4) is 0 Å². The van der Waals surface area contributed by atoms with Crippen LogP contribution in [0.4, 0.5) is 0 Å². The summed E-state index contributed by atoms with van der Waals surface area (Å²) in [7, 11) is 0. The molecule has 1 atom stereocenters. The predicted octanol–water partition coefficient (Wildman–Crippen LogP) is 2.46. The molecule has 0 saturated carbocycles. The van der Waals surface area contributed by atoms with Gasteiger partial charge in [-0.25, -0.2) is 0 Å². The van der Waals surface area contributed by atoms with E-state index in [4.69, 9.17) is 4.74 Å². The molecule has 1 unspecified atom stereocenters. The number of amides is 1. The molecule has 1 aromatic carbocycles. The Bertz CT molecular complexity index is 545. The number of carbonyl (C=O) groups is 1. The Kier molecular flexibility index (Phi) is 3.55. The lowest BCUT2D eigenvalue weighted by molar-refractivity contribution is -0.127. The molecule has 0 aliphatic heterocycles. The Morgan fingerprint density at radius 1 is 1.28 bits per heavy atom. The Balaban J connectivity index is 2.06. The molecular formula is C14H18N2O2. The average molecular weight is 246 g/mol. The van der Waals surface area contributed by atoms with Crippen molar-refractivity contribution < 1.29 is 9.53 Å². The van der Waals surface area contributed by atoms with Crippen LogP contribution in [0.15, 0.2) is 30.5 Å². The van der Waals surface area contributed by atoms with Crippen molar-refractivity contribution in [3.63, 3.8) is 0 Å². The highest BCUT2D eigenvalue weighted by molar-refractivity contribution is 5.82. The third kappa shape index (κ3) is 2.83. The molecule has 4 heteroatoms. The van der Waals surface area contributed by atoms with Gasteiger partial charge in [-0.1, -0.05) is 0 Å². The van der Waals surface area contributed by atoms with E-state index in [9.17, 15) is 4.79 Å². The number of aromatic amines is 1. The summed E-state index contributed by atoms with van der Waals surface area (Å²) < 4.78 is 5.63. The number of hydrogen-bond donors (Lipinski definition) is 2. The van der Waals surface area contributed by atoms with Gasteiger partial charge in [-0.15, -0.1) is 0 Å². The van der Waals surface area contributed by atoms with Crippen molar-refractivity contribution in [3.05, 3.63) is 30.5 Å². The molecule has 4 nitrogen and oxygen atoms in total. The lowest BCUT2D eigenvalue weighted by Crippen LogP contribution is -2.39. The normalized spacial score (nSPS) is 12.7. The topological polar surface area (TPSA) is 54.1 Å². The van der Waals surface area contributed by atoms with Gasteiger partial charge in [0, 0.05) is 23.1 Å². The quantitative estimate of drug-likeness (QED) is 0.870. The minimum absolute atomic E-state index is 0.0980. The first-order chi connectivity index (χ1) is 8.56. The van der Waals surface area contributed by atoms with E-state index in [-0.39, 0.29) is 11.9 Å². The summed E-state index contributed by atoms with van der Waals surface area (Å²) in [6.07, 6.45) is 1.38. The van der Waals surface area contributed by atoms with E-state index in [2.05, 4.69) is 10.3 Å². The van der Waals surface area contributed by atoms with Gasteiger partial charge in [-0.2, -0.15) is 0 Å². The summed E-state index contributed by atoms with van der Waals surface area (Å²) in [5.41, 5.74) is 1.06. The lowest BCUT2D eigenvalue weighted by Gasteiger charge is -2.16. The minimum Gasteiger partial charge on any atom is -0.481 e. The Hall–Kier alpha value is -1.97. The molecule has 96 valence electrons. The molecule has 1 heterocycles. The SMILES string of the molecule is CC(C)NC(=O)C(C)Oc1ccc2[nH]ccc2c1. The van der Waals surface area contributed by atoms with Gasteiger partial charge in [0.2, 0.25) is 0 Å². The number of hydrogen-bond acceptors (Lipinski definition) is 2. The molecule has 18 heavy (non-hydrogen) atoms. The molecule has 0 radical (unpaired) electrons. The fourth-order valence-electron chi connectivity index (χ4n) is 1.76. The van der Waals surface area contributed by atoms with Gasteiger partial charge in [-0.3, -0.25) is 4.79 Å². The maximum absolute atomic E-state index is 11.7. The van der Waals surface area contributed by atoms with Crippen molar-refractivity contribution in [1.29, 1.82) is 0 Å². The van der Waals surface area contributed by atoms with Crippen molar-refractivity contribution in [3.8, 4) is 5.75 Å². The molecule has 0 aliphatic carbocycles. The summed E-state index contributed by atoms with van der Waals surface area (Å²) in [6.45, 7) is 5.60. The van der Waals surface area contributed by atoms with Crippen molar-refractivity contribution in [2.75, 3.05) is 0 Å². The second kappa shape index (κ2) is 5.12. The molecule has 0 spiro atoms. The smallest absolute Gasteiger partial charge is 0.260 e. The summed E-state index contributed by atoms with van der Waals surface area (Å²) in [5, 5.41) is 3.90. The zero-order valence-electron chi connectivity index (χ0n) is 10.9. The van der Waals surface area contributed by atoms with Crippen LogP contribution >= 0.6 is 0 Å². The fourth-order valence-corrected chi connectivity index (χ4v) is 1.76. The van der Waals surface area contributed by atoms with Gasteiger partial charge >= 0.3 is 0 Å². The first-order valence-electron chi connectivity index (χ1n) is 6.10. The maximum atomic E-state index is 11.7. The molecular weight excluding hydrogens is 228 g/mol. The molecule has 2 rings (SSSR count). The molecule has 2 aromatic rings. The van der Waals surface area contributed by atoms with Crippen LogP contribution in [-0.2, 0) is 4.79 Å². The van der Waals surface area contributed by atoms with E-state index in [0.29, 0.717) is 5.75 Å². The highest BCUT2D eigenvalue weighted by Gasteiger charge is 2.15. The second-order valence-electron chi connectivity index (χ2n) is 4.65. The molecule has 0 bridgehead atoms. The van der Waals surface area contributed by atoms with Crippen LogP contribution in [0.2, 0.25) is 0 Å². The van der Waals surface area contributed by atoms with Gasteiger partial charge in [0.05, 0.1) is 0 Å². The number of fused-ring (bicyclic) bond motifs is 1. The Morgan fingerprint density at radius 3 is 2.78 bits per heavy atom. The maximum Gasteiger partial charge on any atom is 0.260 e. The van der Waals surface area contributed by atoms with Gasteiger partial charge in [0.25, 0.3) is 5.91 Å². The molecule has 0 aliphatic rings. The monoisotopic (exact) mass is 246 g/mol. The standard InChI is InChI=1S/C14H18N2O2/c1-9(2)16-14(17)10(3)18-12-4-5-13-11(8-12)6-7-15-13/h4-10,15H,1-3H3,(H,16,17). The number of benzene rings is 1. The Labute approximate surface area is 106 Å². The zero-order chi connectivity index (χ0) is 13.1. The van der Waals surface area contributed by atoms with Crippen molar-refractivity contribution in [2.24, 2.45) is 0 Å². The molecule has 0 fully saturated rings. The number of aromatic nitrogens is 1. The van der Waals surface area contributed by atoms with Crippen LogP contribution in [0.5, 0.6) is 5.75 Å². The van der Waals surface area contributed by atoms with Crippen LogP contribution in [0.1, 0.15) is 20.8 Å². The van der Waals surface area contributed by atoms with E-state index < -0.39 is 6.10 Å². The summed E-state index contributed by atoms with van der Waals surface area (Å²) >= 11 is 0. The minimum atomic E-state index is -0.496. The first kappa shape index (κ1) is 12.5. The second-order valence-corrected chi connectivity index (χ2v) is 4.65.